The molecule has 1 fully saturated rings. The number of phenolic OH excluding ortho intramolecular Hbond substituents is 2. The van der Waals surface area contributed by atoms with E-state index >= 15 is 0 Å². The number of carbonyl (C=O) groups excluding carboxylic acids is 1. The van der Waals surface area contributed by atoms with Crippen molar-refractivity contribution in [2.45, 2.75) is 36.7 Å². The van der Waals surface area contributed by atoms with Crippen LogP contribution >= 0.6 is 7.82 Å². The van der Waals surface area contributed by atoms with Gasteiger partial charge in [0.15, 0.2) is 23.6 Å². The van der Waals surface area contributed by atoms with Crippen molar-refractivity contribution in [1.82, 2.24) is 9.80 Å². The predicted octanol–water partition coefficient (Wildman–Crippen LogP) is -1.85. The number of nitrogens with zero attached hydrogens (tertiary/aromatic N) is 4. The van der Waals surface area contributed by atoms with Crippen molar-refractivity contribution >= 4 is 32.2 Å². The van der Waals surface area contributed by atoms with Crippen LogP contribution in [0.15, 0.2) is 28.2 Å². The molecule has 1 amide bonds. The summed E-state index contributed by atoms with van der Waals surface area (Å²) in [5.41, 5.74) is -0.263. The number of para-hydroxylation sites is 1. The zero-order valence-corrected chi connectivity index (χ0v) is 17.5. The van der Waals surface area contributed by atoms with Gasteiger partial charge < -0.3 is 39.8 Å². The summed E-state index contributed by atoms with van der Waals surface area (Å²) in [5.74, 6) is -2.21. The first-order valence-corrected chi connectivity index (χ1v) is 11.0. The van der Waals surface area contributed by atoms with E-state index in [-0.39, 0.29) is 11.4 Å². The number of aliphatic imine (C=N–C) groups is 2. The molecule has 0 aromatic heterocycles. The van der Waals surface area contributed by atoms with Crippen LogP contribution in [-0.4, -0.2) is 108 Å². The molecule has 3 aliphatic heterocycles. The van der Waals surface area contributed by atoms with Crippen molar-refractivity contribution < 1.29 is 48.8 Å². The van der Waals surface area contributed by atoms with E-state index in [1.807, 2.05) is 0 Å². The minimum atomic E-state index is -4.86. The molecule has 2 unspecified atom stereocenters. The molecule has 0 saturated carbocycles. The smallest absolute Gasteiger partial charge is 0.469 e. The summed E-state index contributed by atoms with van der Waals surface area (Å²) >= 11 is 0. The second kappa shape index (κ2) is 8.46. The van der Waals surface area contributed by atoms with E-state index in [0.717, 1.165) is 11.2 Å². The van der Waals surface area contributed by atoms with Crippen molar-refractivity contribution in [1.29, 1.82) is 5.41 Å². The Morgan fingerprint density at radius 1 is 1.21 bits per heavy atom. The molecule has 0 aliphatic carbocycles. The van der Waals surface area contributed by atoms with E-state index in [2.05, 4.69) is 14.5 Å². The number of phosphoric ester groups is 1. The number of hydrogen-bond acceptors (Lipinski definition) is 11. The van der Waals surface area contributed by atoms with Gasteiger partial charge in [0.05, 0.1) is 18.5 Å². The minimum absolute atomic E-state index is 0.211. The number of aliphatic hydroxyl groups excluding tert-OH is 2. The van der Waals surface area contributed by atoms with Gasteiger partial charge in [0.1, 0.15) is 36.9 Å². The Kier molecular flexibility index (Phi) is 5.96. The van der Waals surface area contributed by atoms with E-state index in [1.54, 1.807) is 0 Å². The summed E-state index contributed by atoms with van der Waals surface area (Å²) in [5, 5.41) is 48.6. The summed E-state index contributed by atoms with van der Waals surface area (Å²) in [6.45, 7) is -0.727. The van der Waals surface area contributed by atoms with E-state index < -0.39 is 68.6 Å². The largest absolute Gasteiger partial charge is 0.504 e. The first-order chi connectivity index (χ1) is 15.5. The third-order valence-electron chi connectivity index (χ3n) is 5.35. The number of carbonyl (C=O) groups is 1. The summed E-state index contributed by atoms with van der Waals surface area (Å²) < 4.78 is 20.9. The number of phenols is 2. The SMILES string of the molecule is N=C1N=CN(C(=O)c2cccc(O)c2O)C2C1N=CN2[C@@H]1O[C@H](COP(=O)(O)O)[C@@H](O)[C@H]1O. The average molecular weight is 485 g/mol. The lowest BCUT2D eigenvalue weighted by atomic mass is 10.1. The molecule has 4 rings (SSSR count). The minimum Gasteiger partial charge on any atom is -0.504 e. The second-order valence-corrected chi connectivity index (χ2v) is 8.66. The maximum absolute atomic E-state index is 13.2. The molecule has 3 heterocycles. The number of phosphoric acid groups is 1. The number of amidine groups is 1. The van der Waals surface area contributed by atoms with Crippen molar-refractivity contribution in [2.24, 2.45) is 9.98 Å². The van der Waals surface area contributed by atoms with E-state index in [9.17, 15) is 29.8 Å². The highest BCUT2D eigenvalue weighted by Gasteiger charge is 2.53. The van der Waals surface area contributed by atoms with Crippen LogP contribution in [0.4, 0.5) is 0 Å². The molecule has 1 saturated heterocycles. The number of rotatable bonds is 5. The predicted molar refractivity (Wildman–Crippen MR) is 109 cm³/mol. The highest BCUT2D eigenvalue weighted by molar-refractivity contribution is 7.46. The second-order valence-electron chi connectivity index (χ2n) is 7.42. The van der Waals surface area contributed by atoms with Gasteiger partial charge in [-0.3, -0.25) is 24.6 Å². The highest BCUT2D eigenvalue weighted by atomic mass is 31.2. The van der Waals surface area contributed by atoms with Crippen molar-refractivity contribution in [3.05, 3.63) is 23.8 Å². The lowest BCUT2D eigenvalue weighted by molar-refractivity contribution is -0.0886. The Morgan fingerprint density at radius 3 is 2.64 bits per heavy atom. The molecule has 0 spiro atoms. The Hall–Kier alpha value is -2.91. The topological polar surface area (TPSA) is 229 Å². The zero-order valence-electron chi connectivity index (χ0n) is 16.6. The maximum atomic E-state index is 13.2. The lowest BCUT2D eigenvalue weighted by Crippen LogP contribution is -2.60. The van der Waals surface area contributed by atoms with Gasteiger partial charge in [-0.1, -0.05) is 6.07 Å². The number of ether oxygens (including phenoxy) is 1. The molecule has 0 radical (unpaired) electrons. The van der Waals surface area contributed by atoms with E-state index in [4.69, 9.17) is 19.9 Å². The molecule has 16 heteroatoms. The molecular weight excluding hydrogens is 465 g/mol. The first kappa shape index (κ1) is 23.3. The van der Waals surface area contributed by atoms with Gasteiger partial charge in [-0.15, -0.1) is 0 Å². The molecule has 3 aliphatic rings. The van der Waals surface area contributed by atoms with Gasteiger partial charge >= 0.3 is 7.82 Å². The lowest BCUT2D eigenvalue weighted by Gasteiger charge is -2.40. The number of aliphatic hydroxyl groups is 2. The van der Waals surface area contributed by atoms with Crippen LogP contribution in [0.5, 0.6) is 11.5 Å². The van der Waals surface area contributed by atoms with Gasteiger partial charge in [0.2, 0.25) is 0 Å². The van der Waals surface area contributed by atoms with Crippen LogP contribution in [0.3, 0.4) is 0 Å². The molecule has 1 aromatic rings. The molecular formula is C17H20N5O10P. The fourth-order valence-electron chi connectivity index (χ4n) is 3.75. The highest BCUT2D eigenvalue weighted by Crippen LogP contribution is 2.38. The number of hydrogen-bond donors (Lipinski definition) is 7. The van der Waals surface area contributed by atoms with E-state index in [0.29, 0.717) is 0 Å². The first-order valence-electron chi connectivity index (χ1n) is 9.48. The summed E-state index contributed by atoms with van der Waals surface area (Å²) in [7, 11) is -4.86. The van der Waals surface area contributed by atoms with Crippen LogP contribution in [0, 0.1) is 5.41 Å². The van der Waals surface area contributed by atoms with Crippen LogP contribution < -0.4 is 0 Å². The monoisotopic (exact) mass is 485 g/mol. The van der Waals surface area contributed by atoms with Crippen LogP contribution in [0.25, 0.3) is 0 Å². The zero-order chi connectivity index (χ0) is 24.1. The van der Waals surface area contributed by atoms with Gasteiger partial charge in [-0.2, -0.15) is 0 Å². The third-order valence-corrected chi connectivity index (χ3v) is 5.84. The van der Waals surface area contributed by atoms with Gasteiger partial charge in [0.25, 0.3) is 5.91 Å². The molecule has 0 bridgehead atoms. The van der Waals surface area contributed by atoms with Crippen molar-refractivity contribution in [2.75, 3.05) is 6.61 Å². The van der Waals surface area contributed by atoms with E-state index in [1.165, 1.54) is 29.4 Å². The van der Waals surface area contributed by atoms with Crippen molar-refractivity contribution in [3.8, 4) is 11.5 Å². The number of amides is 1. The van der Waals surface area contributed by atoms with Gasteiger partial charge in [-0.05, 0) is 12.1 Å². The number of benzene rings is 1. The summed E-state index contributed by atoms with van der Waals surface area (Å²) in [4.78, 5) is 41.1. The molecule has 1 aromatic carbocycles. The van der Waals surface area contributed by atoms with Crippen LogP contribution in [-0.2, 0) is 13.8 Å². The average Bonchev–Trinajstić information content (AvgIpc) is 3.31. The molecule has 6 atom stereocenters. The normalized spacial score (nSPS) is 31.3. The Balaban J connectivity index is 1.61. The third kappa shape index (κ3) is 4.22. The number of fused-ring (bicyclic) bond motifs is 1. The standard InChI is InChI=1S/C17H20N5O10P/c18-14-10-15(21(6-20-14)16(27)7-2-1-3-8(23)11(7)24)22(5-19-10)17-13(26)12(25)9(32-17)4-31-33(28,29)30/h1-3,5-6,9-10,12-13,15,17-18,23-26H,4H2,(H2,28,29,30)/t9-,10?,12-,13-,15?,17-/m1/s1. The van der Waals surface area contributed by atoms with Crippen LogP contribution in [0.2, 0.25) is 0 Å². The quantitative estimate of drug-likeness (QED) is 0.181. The molecule has 178 valence electrons. The molecule has 7 N–H and O–H groups in total. The Morgan fingerprint density at radius 2 is 1.94 bits per heavy atom. The summed E-state index contributed by atoms with van der Waals surface area (Å²) in [6.07, 6.45) is -4.73. The fourth-order valence-corrected chi connectivity index (χ4v) is 4.09. The number of nitrogens with one attached hydrogen (secondary N) is 1. The number of aromatic hydroxyl groups is 2. The van der Waals surface area contributed by atoms with Gasteiger partial charge in [0, 0.05) is 0 Å². The maximum Gasteiger partial charge on any atom is 0.469 e. The van der Waals surface area contributed by atoms with Gasteiger partial charge in [-0.25, -0.2) is 9.56 Å². The Labute approximate surface area is 185 Å². The fraction of sp³-hybridized carbons (Fsp3) is 0.412. The summed E-state index contributed by atoms with van der Waals surface area (Å²) in [6, 6.07) is 2.79. The molecule has 15 nitrogen and oxygen atoms in total. The Bertz CT molecular complexity index is 1080. The molecule has 33 heavy (non-hydrogen) atoms. The van der Waals surface area contributed by atoms with Crippen molar-refractivity contribution in [3.63, 3.8) is 0 Å². The van der Waals surface area contributed by atoms with Crippen LogP contribution in [0.1, 0.15) is 10.4 Å².